The molecule has 2 fully saturated rings. The zero-order valence-electron chi connectivity index (χ0n) is 15.7. The van der Waals surface area contributed by atoms with Gasteiger partial charge in [0.05, 0.1) is 11.2 Å². The van der Waals surface area contributed by atoms with Crippen LogP contribution in [0.5, 0.6) is 0 Å². The number of hydrogen-bond acceptors (Lipinski definition) is 2. The second-order valence-corrected chi connectivity index (χ2v) is 8.96. The first kappa shape index (κ1) is 19.6. The predicted molar refractivity (Wildman–Crippen MR) is 100 cm³/mol. The molecule has 1 atom stereocenters. The molecule has 2 rings (SSSR count). The summed E-state index contributed by atoms with van der Waals surface area (Å²) < 4.78 is 12.8. The lowest BCUT2D eigenvalue weighted by atomic mass is 9.59. The van der Waals surface area contributed by atoms with Gasteiger partial charge in [-0.2, -0.15) is 0 Å². The molecule has 0 radical (unpaired) electrons. The predicted octanol–water partition coefficient (Wildman–Crippen LogP) is 6.22. The van der Waals surface area contributed by atoms with Gasteiger partial charge in [0.1, 0.15) is 0 Å². The van der Waals surface area contributed by atoms with Crippen LogP contribution in [0.25, 0.3) is 0 Å². The van der Waals surface area contributed by atoms with Crippen LogP contribution < -0.4 is 0 Å². The van der Waals surface area contributed by atoms with E-state index < -0.39 is 0 Å². The summed E-state index contributed by atoms with van der Waals surface area (Å²) in [4.78, 5) is 0. The van der Waals surface area contributed by atoms with Gasteiger partial charge < -0.3 is 9.31 Å². The fourth-order valence-electron chi connectivity index (χ4n) is 4.05. The highest BCUT2D eigenvalue weighted by Crippen LogP contribution is 2.46. The second kappa shape index (κ2) is 8.58. The summed E-state index contributed by atoms with van der Waals surface area (Å²) in [7, 11) is -0.0175. The normalized spacial score (nSPS) is 25.7. The summed E-state index contributed by atoms with van der Waals surface area (Å²) in [5, 5.41) is 0. The molecule has 0 aromatic heterocycles. The summed E-state index contributed by atoms with van der Waals surface area (Å²) >= 11 is 5.79. The van der Waals surface area contributed by atoms with Crippen LogP contribution in [0.1, 0.15) is 91.9 Å². The van der Waals surface area contributed by atoms with Gasteiger partial charge in [0.25, 0.3) is 0 Å². The number of unbranched alkanes of at least 4 members (excludes halogenated alkanes) is 3. The van der Waals surface area contributed by atoms with E-state index in [0.29, 0.717) is 5.82 Å². The second-order valence-electron chi connectivity index (χ2n) is 8.58. The molecule has 1 aliphatic carbocycles. The van der Waals surface area contributed by atoms with E-state index >= 15 is 0 Å². The van der Waals surface area contributed by atoms with Crippen LogP contribution >= 0.6 is 11.6 Å². The van der Waals surface area contributed by atoms with E-state index in [2.05, 4.69) is 27.7 Å². The van der Waals surface area contributed by atoms with Crippen molar-refractivity contribution in [2.75, 3.05) is 5.88 Å². The van der Waals surface area contributed by atoms with Gasteiger partial charge in [0.15, 0.2) is 0 Å². The van der Waals surface area contributed by atoms with Gasteiger partial charge in [-0.1, -0.05) is 57.8 Å². The van der Waals surface area contributed by atoms with E-state index in [4.69, 9.17) is 20.9 Å². The molecule has 0 spiro atoms. The molecule has 1 unspecified atom stereocenters. The molecule has 0 aromatic carbocycles. The maximum Gasteiger partial charge on any atom is 0.461 e. The minimum atomic E-state index is -0.205. The van der Waals surface area contributed by atoms with E-state index in [1.807, 2.05) is 0 Å². The zero-order valence-corrected chi connectivity index (χ0v) is 16.5. The van der Waals surface area contributed by atoms with Gasteiger partial charge in [-0.3, -0.25) is 0 Å². The molecule has 2 aliphatic rings. The molecule has 0 N–H and O–H groups in total. The van der Waals surface area contributed by atoms with Crippen molar-refractivity contribution >= 4 is 18.7 Å². The van der Waals surface area contributed by atoms with Crippen LogP contribution in [0.15, 0.2) is 0 Å². The molecule has 0 amide bonds. The van der Waals surface area contributed by atoms with Crippen LogP contribution in [0.4, 0.5) is 0 Å². The third-order valence-electron chi connectivity index (χ3n) is 6.30. The molecule has 1 saturated carbocycles. The van der Waals surface area contributed by atoms with Gasteiger partial charge >= 0.3 is 7.12 Å². The average molecular weight is 343 g/mol. The first-order chi connectivity index (χ1) is 10.9. The Morgan fingerprint density at radius 1 is 0.913 bits per heavy atom. The molecule has 4 heteroatoms. The lowest BCUT2D eigenvalue weighted by Gasteiger charge is -2.32. The van der Waals surface area contributed by atoms with E-state index in [1.165, 1.54) is 57.8 Å². The topological polar surface area (TPSA) is 18.5 Å². The maximum absolute atomic E-state index is 6.41. The third-order valence-corrected chi connectivity index (χ3v) is 6.56. The third kappa shape index (κ3) is 5.12. The highest BCUT2D eigenvalue weighted by atomic mass is 35.5. The van der Waals surface area contributed by atoms with Gasteiger partial charge in [-0.25, -0.2) is 0 Å². The SMILES string of the molecule is CC1(C)OB(C(CCCCCCCl)C2CCCCC2)OC1(C)C. The number of rotatable bonds is 8. The molecule has 1 aliphatic heterocycles. The molecule has 1 heterocycles. The Morgan fingerprint density at radius 2 is 1.48 bits per heavy atom. The number of alkyl halides is 1. The van der Waals surface area contributed by atoms with Crippen molar-refractivity contribution in [1.29, 1.82) is 0 Å². The number of hydrogen-bond donors (Lipinski definition) is 0. The van der Waals surface area contributed by atoms with E-state index in [1.54, 1.807) is 0 Å². The lowest BCUT2D eigenvalue weighted by molar-refractivity contribution is 0.00578. The fourth-order valence-corrected chi connectivity index (χ4v) is 4.24. The Balaban J connectivity index is 1.96. The summed E-state index contributed by atoms with van der Waals surface area (Å²) in [6.45, 7) is 8.69. The smallest absolute Gasteiger partial charge is 0.403 e. The van der Waals surface area contributed by atoms with Crippen molar-refractivity contribution in [2.45, 2.75) is 109 Å². The first-order valence-corrected chi connectivity index (χ1v) is 10.3. The molecule has 0 aromatic rings. The van der Waals surface area contributed by atoms with Gasteiger partial charge in [-0.15, -0.1) is 11.6 Å². The van der Waals surface area contributed by atoms with Gasteiger partial charge in [0.2, 0.25) is 0 Å². The Labute approximate surface area is 149 Å². The summed E-state index contributed by atoms with van der Waals surface area (Å²) in [5.74, 6) is 2.14. The van der Waals surface area contributed by atoms with Crippen LogP contribution in [0, 0.1) is 5.92 Å². The highest BCUT2D eigenvalue weighted by molar-refractivity contribution is 6.47. The maximum atomic E-state index is 6.41. The van der Waals surface area contributed by atoms with Crippen molar-refractivity contribution in [3.8, 4) is 0 Å². The molecule has 2 nitrogen and oxygen atoms in total. The Hall–Kier alpha value is 0.275. The largest absolute Gasteiger partial charge is 0.461 e. The standard InChI is InChI=1S/C19H36BClO2/c1-18(2)19(3,4)23-20(22-18)17(14-10-5-6-11-15-21)16-12-8-7-9-13-16/h16-17H,5-15H2,1-4H3. The average Bonchev–Trinajstić information content (AvgIpc) is 2.72. The summed E-state index contributed by atoms with van der Waals surface area (Å²) in [6, 6.07) is 0. The minimum Gasteiger partial charge on any atom is -0.403 e. The Kier molecular flexibility index (Phi) is 7.31. The van der Waals surface area contributed by atoms with E-state index in [-0.39, 0.29) is 18.3 Å². The minimum absolute atomic E-state index is 0.0175. The molecule has 23 heavy (non-hydrogen) atoms. The summed E-state index contributed by atoms with van der Waals surface area (Å²) in [6.07, 6.45) is 13.1. The van der Waals surface area contributed by atoms with Crippen LogP contribution in [-0.2, 0) is 9.31 Å². The van der Waals surface area contributed by atoms with Crippen molar-refractivity contribution in [3.05, 3.63) is 0 Å². The van der Waals surface area contributed by atoms with Gasteiger partial charge in [0, 0.05) is 5.88 Å². The van der Waals surface area contributed by atoms with Crippen molar-refractivity contribution in [3.63, 3.8) is 0 Å². The van der Waals surface area contributed by atoms with Crippen molar-refractivity contribution < 1.29 is 9.31 Å². The monoisotopic (exact) mass is 342 g/mol. The Morgan fingerprint density at radius 3 is 2.04 bits per heavy atom. The molecule has 134 valence electrons. The highest BCUT2D eigenvalue weighted by Gasteiger charge is 2.54. The van der Waals surface area contributed by atoms with Crippen molar-refractivity contribution in [1.82, 2.24) is 0 Å². The quantitative estimate of drug-likeness (QED) is 0.296. The molecular weight excluding hydrogens is 306 g/mol. The lowest BCUT2D eigenvalue weighted by Crippen LogP contribution is -2.41. The zero-order chi connectivity index (χ0) is 16.9. The number of halogens is 1. The molecular formula is C19H36BClO2. The Bertz CT molecular complexity index is 337. The fraction of sp³-hybridized carbons (Fsp3) is 1.00. The van der Waals surface area contributed by atoms with Crippen molar-refractivity contribution in [2.24, 2.45) is 5.92 Å². The first-order valence-electron chi connectivity index (χ1n) is 9.79. The van der Waals surface area contributed by atoms with Crippen LogP contribution in [0.2, 0.25) is 5.82 Å². The van der Waals surface area contributed by atoms with Gasteiger partial charge in [-0.05, 0) is 45.9 Å². The van der Waals surface area contributed by atoms with Crippen LogP contribution in [-0.4, -0.2) is 24.2 Å². The molecule has 0 bridgehead atoms. The van der Waals surface area contributed by atoms with Crippen LogP contribution in [0.3, 0.4) is 0 Å². The van der Waals surface area contributed by atoms with E-state index in [9.17, 15) is 0 Å². The molecule has 1 saturated heterocycles. The van der Waals surface area contributed by atoms with E-state index in [0.717, 1.165) is 18.2 Å². The summed E-state index contributed by atoms with van der Waals surface area (Å²) in [5.41, 5.74) is -0.410.